The molecule has 5 heteroatoms. The van der Waals surface area contributed by atoms with Crippen molar-refractivity contribution < 1.29 is 4.79 Å². The largest absolute Gasteiger partial charge is 0.365 e. The van der Waals surface area contributed by atoms with Crippen LogP contribution in [0.15, 0.2) is 12.4 Å². The molecule has 1 aliphatic heterocycles. The fourth-order valence-corrected chi connectivity index (χ4v) is 2.30. The van der Waals surface area contributed by atoms with Crippen LogP contribution in [0.1, 0.15) is 51.0 Å². The van der Waals surface area contributed by atoms with E-state index in [0.29, 0.717) is 17.4 Å². The highest BCUT2D eigenvalue weighted by atomic mass is 16.2. The monoisotopic (exact) mass is 276 g/mol. The smallest absolute Gasteiger partial charge is 0.272 e. The number of carbonyl (C=O) groups excluding carboxylic acids is 1. The Morgan fingerprint density at radius 2 is 1.95 bits per heavy atom. The highest BCUT2D eigenvalue weighted by molar-refractivity contribution is 5.93. The van der Waals surface area contributed by atoms with Gasteiger partial charge >= 0.3 is 0 Å². The quantitative estimate of drug-likeness (QED) is 0.902. The normalized spacial score (nSPS) is 17.1. The van der Waals surface area contributed by atoms with Crippen LogP contribution in [0.2, 0.25) is 0 Å². The Labute approximate surface area is 120 Å². The number of carbonyl (C=O) groups is 1. The molecule has 0 bridgehead atoms. The average Bonchev–Trinajstić information content (AvgIpc) is 2.37. The third-order valence-corrected chi connectivity index (χ3v) is 3.46. The molecule has 0 spiro atoms. The number of rotatable bonds is 2. The maximum atomic E-state index is 12.4. The topological polar surface area (TPSA) is 58.1 Å². The third kappa shape index (κ3) is 3.92. The minimum Gasteiger partial charge on any atom is -0.365 e. The maximum absolute atomic E-state index is 12.4. The van der Waals surface area contributed by atoms with Crippen LogP contribution < -0.4 is 5.32 Å². The van der Waals surface area contributed by atoms with Crippen molar-refractivity contribution >= 4 is 11.7 Å². The van der Waals surface area contributed by atoms with Gasteiger partial charge in [0.15, 0.2) is 0 Å². The van der Waals surface area contributed by atoms with E-state index >= 15 is 0 Å². The Morgan fingerprint density at radius 3 is 2.55 bits per heavy atom. The van der Waals surface area contributed by atoms with Gasteiger partial charge < -0.3 is 10.2 Å². The van der Waals surface area contributed by atoms with E-state index < -0.39 is 0 Å². The lowest BCUT2D eigenvalue weighted by Crippen LogP contribution is -2.38. The number of piperidine rings is 1. The van der Waals surface area contributed by atoms with Crippen molar-refractivity contribution in [1.82, 2.24) is 14.9 Å². The van der Waals surface area contributed by atoms with Crippen molar-refractivity contribution in [3.05, 3.63) is 18.1 Å². The van der Waals surface area contributed by atoms with Crippen molar-refractivity contribution in [2.45, 2.75) is 46.1 Å². The molecular formula is C15H24N4O. The Bertz CT molecular complexity index is 473. The van der Waals surface area contributed by atoms with E-state index in [2.05, 4.69) is 43.0 Å². The van der Waals surface area contributed by atoms with Gasteiger partial charge in [0.1, 0.15) is 17.8 Å². The molecule has 0 saturated carbocycles. The zero-order valence-electron chi connectivity index (χ0n) is 12.8. The van der Waals surface area contributed by atoms with Crippen molar-refractivity contribution in [3.63, 3.8) is 0 Å². The summed E-state index contributed by atoms with van der Waals surface area (Å²) in [4.78, 5) is 22.6. The summed E-state index contributed by atoms with van der Waals surface area (Å²) in [6.45, 7) is 10.1. The Kier molecular flexibility index (Phi) is 4.26. The molecule has 1 aromatic rings. The summed E-state index contributed by atoms with van der Waals surface area (Å²) in [5.41, 5.74) is 0.385. The van der Waals surface area contributed by atoms with Crippen LogP contribution in [0.25, 0.3) is 0 Å². The summed E-state index contributed by atoms with van der Waals surface area (Å²) in [6.07, 6.45) is 3.60. The number of nitrogens with one attached hydrogen (secondary N) is 1. The van der Waals surface area contributed by atoms with Gasteiger partial charge in [0.05, 0.1) is 0 Å². The lowest BCUT2D eigenvalue weighted by molar-refractivity contribution is 0.0691. The summed E-state index contributed by atoms with van der Waals surface area (Å²) < 4.78 is 0. The van der Waals surface area contributed by atoms with Crippen molar-refractivity contribution in [2.24, 2.45) is 5.92 Å². The number of likely N-dealkylation sites (tertiary alicyclic amines) is 1. The first-order valence-electron chi connectivity index (χ1n) is 7.24. The zero-order chi connectivity index (χ0) is 14.8. The van der Waals surface area contributed by atoms with Crippen LogP contribution in [0, 0.1) is 5.92 Å². The number of aromatic nitrogens is 2. The van der Waals surface area contributed by atoms with Gasteiger partial charge in [0, 0.05) is 24.7 Å². The summed E-state index contributed by atoms with van der Waals surface area (Å²) in [6, 6.07) is 1.74. The van der Waals surface area contributed by atoms with Gasteiger partial charge in [0.2, 0.25) is 0 Å². The third-order valence-electron chi connectivity index (χ3n) is 3.46. The average molecular weight is 276 g/mol. The van der Waals surface area contributed by atoms with Crippen LogP contribution in [0.4, 0.5) is 5.82 Å². The number of amides is 1. The minimum atomic E-state index is -0.0881. The first-order chi connectivity index (χ1) is 9.35. The Hall–Kier alpha value is -1.65. The van der Waals surface area contributed by atoms with E-state index in [1.165, 1.54) is 6.33 Å². The molecule has 1 aromatic heterocycles. The van der Waals surface area contributed by atoms with Crippen LogP contribution in [0.5, 0.6) is 0 Å². The van der Waals surface area contributed by atoms with Gasteiger partial charge in [-0.3, -0.25) is 4.79 Å². The molecule has 0 radical (unpaired) electrons. The molecule has 0 atom stereocenters. The summed E-state index contributed by atoms with van der Waals surface area (Å²) >= 11 is 0. The van der Waals surface area contributed by atoms with E-state index in [4.69, 9.17) is 0 Å². The van der Waals surface area contributed by atoms with Gasteiger partial charge in [-0.2, -0.15) is 0 Å². The molecule has 0 unspecified atom stereocenters. The molecule has 110 valence electrons. The fourth-order valence-electron chi connectivity index (χ4n) is 2.30. The standard InChI is InChI=1S/C15H24N4O/c1-11-5-7-19(8-6-11)14(20)12-9-13(17-10-16-12)18-15(2,3)4/h9-11H,5-8H2,1-4H3,(H,16,17,18). The van der Waals surface area contributed by atoms with Gasteiger partial charge in [-0.05, 0) is 39.5 Å². The Balaban J connectivity index is 2.08. The molecular weight excluding hydrogens is 252 g/mol. The fraction of sp³-hybridized carbons (Fsp3) is 0.667. The van der Waals surface area contributed by atoms with Crippen LogP contribution in [0.3, 0.4) is 0 Å². The highest BCUT2D eigenvalue weighted by Gasteiger charge is 2.23. The predicted octanol–water partition coefficient (Wildman–Crippen LogP) is 2.56. The minimum absolute atomic E-state index is 0.0104. The van der Waals surface area contributed by atoms with E-state index in [0.717, 1.165) is 25.9 Å². The Morgan fingerprint density at radius 1 is 1.30 bits per heavy atom. The molecule has 1 aliphatic rings. The van der Waals surface area contributed by atoms with Crippen molar-refractivity contribution in [1.29, 1.82) is 0 Å². The van der Waals surface area contributed by atoms with E-state index in [9.17, 15) is 4.79 Å². The number of hydrogen-bond donors (Lipinski definition) is 1. The maximum Gasteiger partial charge on any atom is 0.272 e. The molecule has 1 N–H and O–H groups in total. The predicted molar refractivity (Wildman–Crippen MR) is 79.7 cm³/mol. The molecule has 0 aromatic carbocycles. The first-order valence-corrected chi connectivity index (χ1v) is 7.24. The summed E-state index contributed by atoms with van der Waals surface area (Å²) in [7, 11) is 0. The van der Waals surface area contributed by atoms with Gasteiger partial charge in [0.25, 0.3) is 5.91 Å². The lowest BCUT2D eigenvalue weighted by Gasteiger charge is -2.30. The van der Waals surface area contributed by atoms with Crippen LogP contribution in [-0.4, -0.2) is 39.4 Å². The second-order valence-electron chi connectivity index (χ2n) is 6.64. The highest BCUT2D eigenvalue weighted by Crippen LogP contribution is 2.18. The molecule has 5 nitrogen and oxygen atoms in total. The van der Waals surface area contributed by atoms with Crippen LogP contribution >= 0.6 is 0 Å². The second kappa shape index (κ2) is 5.77. The number of hydrogen-bond acceptors (Lipinski definition) is 4. The molecule has 2 heterocycles. The molecule has 20 heavy (non-hydrogen) atoms. The van der Waals surface area contributed by atoms with E-state index in [-0.39, 0.29) is 11.4 Å². The molecule has 2 rings (SSSR count). The molecule has 0 aliphatic carbocycles. The second-order valence-corrected chi connectivity index (χ2v) is 6.64. The van der Waals surface area contributed by atoms with E-state index in [1.54, 1.807) is 6.07 Å². The van der Waals surface area contributed by atoms with Gasteiger partial charge in [-0.15, -0.1) is 0 Å². The van der Waals surface area contributed by atoms with Crippen molar-refractivity contribution in [3.8, 4) is 0 Å². The lowest BCUT2D eigenvalue weighted by atomic mass is 9.99. The first kappa shape index (κ1) is 14.8. The van der Waals surface area contributed by atoms with E-state index in [1.807, 2.05) is 4.90 Å². The number of nitrogens with zero attached hydrogens (tertiary/aromatic N) is 3. The van der Waals surface area contributed by atoms with Gasteiger partial charge in [-0.25, -0.2) is 9.97 Å². The van der Waals surface area contributed by atoms with Crippen LogP contribution in [-0.2, 0) is 0 Å². The van der Waals surface area contributed by atoms with Crippen molar-refractivity contribution in [2.75, 3.05) is 18.4 Å². The number of anilines is 1. The SMILES string of the molecule is CC1CCN(C(=O)c2cc(NC(C)(C)C)ncn2)CC1. The van der Waals surface area contributed by atoms with Gasteiger partial charge in [-0.1, -0.05) is 6.92 Å². The molecule has 1 saturated heterocycles. The summed E-state index contributed by atoms with van der Waals surface area (Å²) in [5, 5.41) is 3.26. The molecule has 1 fully saturated rings. The zero-order valence-corrected chi connectivity index (χ0v) is 12.8. The summed E-state index contributed by atoms with van der Waals surface area (Å²) in [5.74, 6) is 1.42. The molecule has 1 amide bonds.